The normalized spacial score (nSPS) is 12.7. The number of thiazole rings is 1. The van der Waals surface area contributed by atoms with Crippen LogP contribution in [0.1, 0.15) is 12.1 Å². The summed E-state index contributed by atoms with van der Waals surface area (Å²) in [6.45, 7) is 1.72. The van der Waals surface area contributed by atoms with E-state index in [0.29, 0.717) is 17.8 Å². The van der Waals surface area contributed by atoms with Gasteiger partial charge in [-0.3, -0.25) is 4.79 Å². The Bertz CT molecular complexity index is 685. The lowest BCUT2D eigenvalue weighted by Gasteiger charge is -2.05. The molecule has 0 bridgehead atoms. The maximum atomic E-state index is 11.8. The maximum absolute atomic E-state index is 11.8. The van der Waals surface area contributed by atoms with Gasteiger partial charge in [-0.2, -0.15) is 0 Å². The van der Waals surface area contributed by atoms with E-state index in [-0.39, 0.29) is 23.0 Å². The first-order chi connectivity index (χ1) is 8.62. The van der Waals surface area contributed by atoms with E-state index in [1.54, 1.807) is 0 Å². The number of nitrogens with one attached hydrogen (secondary N) is 3. The van der Waals surface area contributed by atoms with Gasteiger partial charge in [-0.15, -0.1) is 0 Å². The van der Waals surface area contributed by atoms with Crippen molar-refractivity contribution in [2.45, 2.75) is 17.6 Å². The molecule has 19 heavy (non-hydrogen) atoms. The highest BCUT2D eigenvalue weighted by molar-refractivity contribution is 7.91. The van der Waals surface area contributed by atoms with Crippen molar-refractivity contribution < 1.29 is 16.8 Å². The lowest BCUT2D eigenvalue weighted by Crippen LogP contribution is -2.29. The number of hydrogen-bond acceptors (Lipinski definition) is 6. The van der Waals surface area contributed by atoms with E-state index < -0.39 is 24.9 Å². The molecule has 1 aromatic heterocycles. The van der Waals surface area contributed by atoms with E-state index in [0.717, 1.165) is 6.26 Å². The van der Waals surface area contributed by atoms with E-state index in [1.165, 1.54) is 6.92 Å². The Labute approximate surface area is 115 Å². The lowest BCUT2D eigenvalue weighted by atomic mass is 10.4. The fourth-order valence-electron chi connectivity index (χ4n) is 1.26. The van der Waals surface area contributed by atoms with Crippen LogP contribution in [-0.4, -0.2) is 41.2 Å². The molecule has 0 saturated carbocycles. The van der Waals surface area contributed by atoms with Gasteiger partial charge in [0.15, 0.2) is 4.21 Å². The Morgan fingerprint density at radius 3 is 2.21 bits per heavy atom. The first-order valence-corrected chi connectivity index (χ1v) is 9.45. The van der Waals surface area contributed by atoms with Crippen LogP contribution in [0.3, 0.4) is 0 Å². The third-order valence-electron chi connectivity index (χ3n) is 2.04. The topological polar surface area (TPSA) is 125 Å². The highest BCUT2D eigenvalue weighted by atomic mass is 32.2. The highest BCUT2D eigenvalue weighted by Crippen LogP contribution is 2.14. The summed E-state index contributed by atoms with van der Waals surface area (Å²) in [4.78, 5) is 13.0. The molecule has 0 radical (unpaired) electrons. The molecule has 1 aromatic rings. The van der Waals surface area contributed by atoms with Gasteiger partial charge in [0.25, 0.3) is 10.0 Å². The van der Waals surface area contributed by atoms with Crippen molar-refractivity contribution in [3.63, 3.8) is 0 Å². The van der Waals surface area contributed by atoms with Gasteiger partial charge in [-0.05, 0) is 13.3 Å². The molecule has 0 fully saturated rings. The number of aromatic amines is 1. The highest BCUT2D eigenvalue weighted by Gasteiger charge is 2.19. The van der Waals surface area contributed by atoms with Gasteiger partial charge < -0.3 is 4.98 Å². The van der Waals surface area contributed by atoms with Crippen molar-refractivity contribution in [2.75, 3.05) is 19.3 Å². The van der Waals surface area contributed by atoms with Crippen molar-refractivity contribution in [1.29, 1.82) is 0 Å². The van der Waals surface area contributed by atoms with E-state index in [9.17, 15) is 21.6 Å². The van der Waals surface area contributed by atoms with Gasteiger partial charge in [0.2, 0.25) is 10.0 Å². The smallest absolute Gasteiger partial charge is 0.305 e. The fourth-order valence-corrected chi connectivity index (χ4v) is 4.20. The summed E-state index contributed by atoms with van der Waals surface area (Å²) >= 11 is 0.616. The Morgan fingerprint density at radius 2 is 1.74 bits per heavy atom. The van der Waals surface area contributed by atoms with E-state index in [4.69, 9.17) is 0 Å². The van der Waals surface area contributed by atoms with E-state index in [1.807, 2.05) is 0 Å². The molecule has 0 aromatic carbocycles. The average Bonchev–Trinajstić information content (AvgIpc) is 2.56. The first-order valence-electron chi connectivity index (χ1n) is 5.26. The Kier molecular flexibility index (Phi) is 5.26. The molecule has 0 aliphatic heterocycles. The van der Waals surface area contributed by atoms with Crippen LogP contribution in [0.2, 0.25) is 0 Å². The zero-order valence-corrected chi connectivity index (χ0v) is 12.8. The Balaban J connectivity index is 2.53. The first kappa shape index (κ1) is 16.3. The average molecular weight is 329 g/mol. The molecule has 0 spiro atoms. The minimum absolute atomic E-state index is 0.0476. The third-order valence-corrected chi connectivity index (χ3v) is 5.83. The second kappa shape index (κ2) is 6.13. The number of sulfonamides is 2. The van der Waals surface area contributed by atoms with E-state index >= 15 is 0 Å². The molecular formula is C8H15N3O5S3. The van der Waals surface area contributed by atoms with Crippen molar-refractivity contribution in [3.8, 4) is 0 Å². The summed E-state index contributed by atoms with van der Waals surface area (Å²) in [5.41, 5.74) is 0.289. The van der Waals surface area contributed by atoms with Crippen LogP contribution in [0.25, 0.3) is 0 Å². The molecule has 0 atom stereocenters. The molecular weight excluding hydrogens is 314 g/mol. The minimum Gasteiger partial charge on any atom is -0.315 e. The molecule has 110 valence electrons. The molecule has 3 N–H and O–H groups in total. The molecule has 1 rings (SSSR count). The SMILES string of the molecule is Cc1[nH]c(=O)sc1S(=O)(=O)NCCCNS(C)(=O)=O. The van der Waals surface area contributed by atoms with Crippen molar-refractivity contribution >= 4 is 31.4 Å². The van der Waals surface area contributed by atoms with Gasteiger partial charge in [0.05, 0.1) is 6.26 Å². The summed E-state index contributed by atoms with van der Waals surface area (Å²) in [5, 5.41) is 0. The minimum atomic E-state index is -3.73. The van der Waals surface area contributed by atoms with Crippen molar-refractivity contribution in [2.24, 2.45) is 0 Å². The zero-order valence-electron chi connectivity index (χ0n) is 10.4. The van der Waals surface area contributed by atoms with Crippen molar-refractivity contribution in [1.82, 2.24) is 14.4 Å². The number of rotatable bonds is 7. The zero-order chi connectivity index (χ0) is 14.7. The van der Waals surface area contributed by atoms with Gasteiger partial charge in [0.1, 0.15) is 0 Å². The van der Waals surface area contributed by atoms with Crippen LogP contribution in [0.5, 0.6) is 0 Å². The summed E-state index contributed by atoms with van der Waals surface area (Å²) in [6.07, 6.45) is 1.34. The molecule has 0 aliphatic rings. The van der Waals surface area contributed by atoms with Gasteiger partial charge in [-0.25, -0.2) is 26.3 Å². The standard InChI is InChI=1S/C8H15N3O5S3/c1-6-7(17-8(12)11-6)19(15,16)10-5-3-4-9-18(2,13)14/h9-10H,3-5H2,1-2H3,(H,11,12). The molecule has 0 unspecified atom stereocenters. The van der Waals surface area contributed by atoms with Crippen LogP contribution in [0.4, 0.5) is 0 Å². The van der Waals surface area contributed by atoms with Crippen molar-refractivity contribution in [3.05, 3.63) is 15.4 Å². The third kappa shape index (κ3) is 5.40. The second-order valence-corrected chi connectivity index (χ2v) is 8.62. The maximum Gasteiger partial charge on any atom is 0.305 e. The van der Waals surface area contributed by atoms with Crippen LogP contribution < -0.4 is 14.3 Å². The Morgan fingerprint density at radius 1 is 1.16 bits per heavy atom. The number of H-pyrrole nitrogens is 1. The van der Waals surface area contributed by atoms with Gasteiger partial charge >= 0.3 is 4.87 Å². The van der Waals surface area contributed by atoms with Gasteiger partial charge in [0, 0.05) is 18.8 Å². The quantitative estimate of drug-likeness (QED) is 0.551. The van der Waals surface area contributed by atoms with Crippen LogP contribution in [0.15, 0.2) is 9.00 Å². The molecule has 11 heteroatoms. The summed E-state index contributed by atoms with van der Waals surface area (Å²) in [6, 6.07) is 0. The lowest BCUT2D eigenvalue weighted by molar-refractivity contribution is 0.576. The number of aryl methyl sites for hydroxylation is 1. The largest absolute Gasteiger partial charge is 0.315 e. The van der Waals surface area contributed by atoms with Gasteiger partial charge in [-0.1, -0.05) is 11.3 Å². The van der Waals surface area contributed by atoms with E-state index in [2.05, 4.69) is 14.4 Å². The van der Waals surface area contributed by atoms with Crippen LogP contribution in [-0.2, 0) is 20.0 Å². The summed E-state index contributed by atoms with van der Waals surface area (Å²) < 4.78 is 49.7. The fraction of sp³-hybridized carbons (Fsp3) is 0.625. The predicted octanol–water partition coefficient (Wildman–Crippen LogP) is -1.04. The molecule has 0 saturated heterocycles. The summed E-state index contributed by atoms with van der Waals surface area (Å²) in [5.74, 6) is 0. The number of hydrogen-bond donors (Lipinski definition) is 3. The number of aromatic nitrogens is 1. The Hall–Kier alpha value is -0.750. The van der Waals surface area contributed by atoms with Crippen LogP contribution in [0, 0.1) is 6.92 Å². The molecule has 8 nitrogen and oxygen atoms in total. The second-order valence-electron chi connectivity index (χ2n) is 3.84. The molecule has 0 aliphatic carbocycles. The van der Waals surface area contributed by atoms with Crippen LogP contribution >= 0.6 is 11.3 Å². The monoisotopic (exact) mass is 329 g/mol. The molecule has 1 heterocycles. The predicted molar refractivity (Wildman–Crippen MR) is 72.3 cm³/mol. The summed E-state index contributed by atoms with van der Waals surface area (Å²) in [7, 11) is -6.99. The molecule has 0 amide bonds.